The van der Waals surface area contributed by atoms with E-state index in [0.717, 1.165) is 12.8 Å². The van der Waals surface area contributed by atoms with E-state index < -0.39 is 0 Å². The molecule has 0 radical (unpaired) electrons. The molecule has 0 saturated carbocycles. The minimum absolute atomic E-state index is 0.167. The lowest BCUT2D eigenvalue weighted by molar-refractivity contribution is -0.140. The second kappa shape index (κ2) is 9.23. The van der Waals surface area contributed by atoms with Crippen LogP contribution >= 0.6 is 0 Å². The molecule has 0 bridgehead atoms. The number of esters is 1. The minimum Gasteiger partial charge on any atom is -0.508 e. The number of carbonyl (C=O) groups excluding carboxylic acids is 1. The summed E-state index contributed by atoms with van der Waals surface area (Å²) in [6.45, 7) is 2.80. The molecule has 0 aliphatic carbocycles. The van der Waals surface area contributed by atoms with Crippen molar-refractivity contribution >= 4 is 5.97 Å². The van der Waals surface area contributed by atoms with Gasteiger partial charge in [-0.1, -0.05) is 32.3 Å². The molecule has 112 valence electrons. The molecular weight excluding hydrogens is 256 g/mol. The summed E-state index contributed by atoms with van der Waals surface area (Å²) in [5.74, 6) is 0.535. The number of phenolic OH excluding ortho intramolecular Hbond substituents is 1. The molecule has 4 heteroatoms. The van der Waals surface area contributed by atoms with Gasteiger partial charge in [-0.2, -0.15) is 0 Å². The molecule has 0 amide bonds. The molecule has 4 nitrogen and oxygen atoms in total. The van der Waals surface area contributed by atoms with Gasteiger partial charge in [0.15, 0.2) is 0 Å². The van der Waals surface area contributed by atoms with Crippen molar-refractivity contribution in [3.63, 3.8) is 0 Å². The van der Waals surface area contributed by atoms with Crippen molar-refractivity contribution in [1.29, 1.82) is 0 Å². The monoisotopic (exact) mass is 280 g/mol. The first kappa shape index (κ1) is 16.3. The van der Waals surface area contributed by atoms with Crippen LogP contribution in [0.3, 0.4) is 0 Å². The van der Waals surface area contributed by atoms with Gasteiger partial charge >= 0.3 is 5.97 Å². The normalized spacial score (nSPS) is 10.3. The highest BCUT2D eigenvalue weighted by Crippen LogP contribution is 2.29. The fourth-order valence-electron chi connectivity index (χ4n) is 1.98. The highest BCUT2D eigenvalue weighted by atomic mass is 16.5. The molecule has 0 unspecified atom stereocenters. The molecule has 1 aromatic rings. The van der Waals surface area contributed by atoms with Crippen LogP contribution in [0.1, 0.15) is 44.6 Å². The van der Waals surface area contributed by atoms with E-state index >= 15 is 0 Å². The average molecular weight is 280 g/mol. The van der Waals surface area contributed by atoms with Gasteiger partial charge in [0, 0.05) is 12.0 Å². The lowest BCUT2D eigenvalue weighted by Crippen LogP contribution is -2.05. The Labute approximate surface area is 120 Å². The Hall–Kier alpha value is -1.71. The van der Waals surface area contributed by atoms with Gasteiger partial charge in [0.1, 0.15) is 11.5 Å². The molecule has 0 aliphatic rings. The number of benzene rings is 1. The zero-order chi connectivity index (χ0) is 14.8. The largest absolute Gasteiger partial charge is 0.508 e. The molecule has 0 spiro atoms. The van der Waals surface area contributed by atoms with Crippen molar-refractivity contribution in [2.45, 2.75) is 45.4 Å². The number of carbonyl (C=O) groups is 1. The number of rotatable bonds is 9. The second-order valence-corrected chi connectivity index (χ2v) is 4.74. The number of unbranched alkanes of at least 4 members (excludes halogenated alkanes) is 3. The van der Waals surface area contributed by atoms with Gasteiger partial charge in [0.25, 0.3) is 0 Å². The van der Waals surface area contributed by atoms with Gasteiger partial charge in [-0.25, -0.2) is 0 Å². The smallest absolute Gasteiger partial charge is 0.305 e. The van der Waals surface area contributed by atoms with E-state index in [2.05, 4.69) is 11.7 Å². The van der Waals surface area contributed by atoms with Crippen LogP contribution in [0.2, 0.25) is 0 Å². The summed E-state index contributed by atoms with van der Waals surface area (Å²) in [6, 6.07) is 5.18. The summed E-state index contributed by atoms with van der Waals surface area (Å²) in [5, 5.41) is 9.89. The molecule has 1 aromatic carbocycles. The predicted molar refractivity (Wildman–Crippen MR) is 78.1 cm³/mol. The SMILES string of the molecule is CCCCCCOc1cccc(O)c1CCC(=O)OC. The number of hydrogen-bond acceptors (Lipinski definition) is 4. The summed E-state index contributed by atoms with van der Waals surface area (Å²) in [4.78, 5) is 11.2. The minimum atomic E-state index is -0.290. The van der Waals surface area contributed by atoms with E-state index in [0.29, 0.717) is 24.3 Å². The van der Waals surface area contributed by atoms with Crippen molar-refractivity contribution in [3.8, 4) is 11.5 Å². The van der Waals surface area contributed by atoms with Crippen molar-refractivity contribution in [2.75, 3.05) is 13.7 Å². The maximum atomic E-state index is 11.2. The van der Waals surface area contributed by atoms with Gasteiger partial charge in [0.2, 0.25) is 0 Å². The zero-order valence-electron chi connectivity index (χ0n) is 12.4. The lowest BCUT2D eigenvalue weighted by atomic mass is 10.1. The quantitative estimate of drug-likeness (QED) is 0.556. The number of hydrogen-bond donors (Lipinski definition) is 1. The van der Waals surface area contributed by atoms with Gasteiger partial charge in [-0.3, -0.25) is 4.79 Å². The van der Waals surface area contributed by atoms with E-state index in [9.17, 15) is 9.90 Å². The molecule has 0 heterocycles. The Kier molecular flexibility index (Phi) is 7.55. The summed E-state index contributed by atoms with van der Waals surface area (Å²) < 4.78 is 10.3. The number of phenols is 1. The molecule has 1 N–H and O–H groups in total. The van der Waals surface area contributed by atoms with Crippen LogP contribution < -0.4 is 4.74 Å². The van der Waals surface area contributed by atoms with E-state index in [1.165, 1.54) is 20.0 Å². The van der Waals surface area contributed by atoms with Crippen molar-refractivity contribution in [1.82, 2.24) is 0 Å². The average Bonchev–Trinajstić information content (AvgIpc) is 2.45. The van der Waals surface area contributed by atoms with Crippen molar-refractivity contribution in [3.05, 3.63) is 23.8 Å². The summed E-state index contributed by atoms with van der Waals surface area (Å²) in [6.07, 6.45) is 5.20. The fourth-order valence-corrected chi connectivity index (χ4v) is 1.98. The van der Waals surface area contributed by atoms with Crippen LogP contribution in [0.5, 0.6) is 11.5 Å². The summed E-state index contributed by atoms with van der Waals surface area (Å²) >= 11 is 0. The third-order valence-electron chi connectivity index (χ3n) is 3.17. The standard InChI is InChI=1S/C16H24O4/c1-3-4-5-6-12-20-15-9-7-8-14(17)13(15)10-11-16(18)19-2/h7-9,17H,3-6,10-12H2,1-2H3. The maximum Gasteiger partial charge on any atom is 0.305 e. The highest BCUT2D eigenvalue weighted by Gasteiger charge is 2.11. The van der Waals surface area contributed by atoms with E-state index in [4.69, 9.17) is 4.74 Å². The predicted octanol–water partition coefficient (Wildman–Crippen LogP) is 3.46. The molecule has 0 fully saturated rings. The summed E-state index contributed by atoms with van der Waals surface area (Å²) in [7, 11) is 1.36. The Morgan fingerprint density at radius 3 is 2.75 bits per heavy atom. The third kappa shape index (κ3) is 5.51. The van der Waals surface area contributed by atoms with E-state index in [1.807, 2.05) is 6.07 Å². The number of methoxy groups -OCH3 is 1. The molecule has 20 heavy (non-hydrogen) atoms. The van der Waals surface area contributed by atoms with Gasteiger partial charge in [-0.15, -0.1) is 0 Å². The molecule has 0 aliphatic heterocycles. The first-order valence-corrected chi connectivity index (χ1v) is 7.19. The van der Waals surface area contributed by atoms with Gasteiger partial charge in [-0.05, 0) is 25.0 Å². The van der Waals surface area contributed by atoms with Gasteiger partial charge < -0.3 is 14.6 Å². The first-order valence-electron chi connectivity index (χ1n) is 7.19. The second-order valence-electron chi connectivity index (χ2n) is 4.74. The highest BCUT2D eigenvalue weighted by molar-refractivity contribution is 5.69. The third-order valence-corrected chi connectivity index (χ3v) is 3.17. The molecule has 1 rings (SSSR count). The van der Waals surface area contributed by atoms with E-state index in [1.54, 1.807) is 12.1 Å². The van der Waals surface area contributed by atoms with Crippen molar-refractivity contribution in [2.24, 2.45) is 0 Å². The number of aromatic hydroxyl groups is 1. The molecular formula is C16H24O4. The Morgan fingerprint density at radius 2 is 2.05 bits per heavy atom. The molecule has 0 saturated heterocycles. The lowest BCUT2D eigenvalue weighted by Gasteiger charge is -2.12. The van der Waals surface area contributed by atoms with Crippen LogP contribution in [-0.2, 0) is 16.0 Å². The Morgan fingerprint density at radius 1 is 1.25 bits per heavy atom. The molecule has 0 aromatic heterocycles. The van der Waals surface area contributed by atoms with E-state index in [-0.39, 0.29) is 18.1 Å². The van der Waals surface area contributed by atoms with Crippen molar-refractivity contribution < 1.29 is 19.4 Å². The fraction of sp³-hybridized carbons (Fsp3) is 0.562. The van der Waals surface area contributed by atoms with Crippen LogP contribution in [0.25, 0.3) is 0 Å². The Bertz CT molecular complexity index is 415. The Balaban J connectivity index is 2.56. The maximum absolute atomic E-state index is 11.2. The van der Waals surface area contributed by atoms with Crippen LogP contribution in [0.15, 0.2) is 18.2 Å². The van der Waals surface area contributed by atoms with Crippen LogP contribution in [-0.4, -0.2) is 24.8 Å². The molecule has 0 atom stereocenters. The number of ether oxygens (including phenoxy) is 2. The summed E-state index contributed by atoms with van der Waals surface area (Å²) in [5.41, 5.74) is 0.674. The van der Waals surface area contributed by atoms with Crippen LogP contribution in [0, 0.1) is 0 Å². The van der Waals surface area contributed by atoms with Gasteiger partial charge in [0.05, 0.1) is 13.7 Å². The van der Waals surface area contributed by atoms with Crippen LogP contribution in [0.4, 0.5) is 0 Å². The topological polar surface area (TPSA) is 55.8 Å². The zero-order valence-corrected chi connectivity index (χ0v) is 12.4. The first-order chi connectivity index (χ1) is 9.69.